The minimum atomic E-state index is -0.450. The van der Waals surface area contributed by atoms with Crippen molar-refractivity contribution in [1.82, 2.24) is 9.97 Å². The second-order valence-electron chi connectivity index (χ2n) is 4.65. The molecule has 21 heavy (non-hydrogen) atoms. The smallest absolute Gasteiger partial charge is 0.258 e. The van der Waals surface area contributed by atoms with Gasteiger partial charge in [0.15, 0.2) is 5.82 Å². The lowest BCUT2D eigenvalue weighted by Gasteiger charge is -2.02. The third-order valence-corrected chi connectivity index (χ3v) is 4.67. The van der Waals surface area contributed by atoms with Crippen molar-refractivity contribution >= 4 is 39.5 Å². The molecule has 7 heteroatoms. The van der Waals surface area contributed by atoms with Crippen LogP contribution < -0.4 is 0 Å². The van der Waals surface area contributed by atoms with E-state index in [4.69, 9.17) is 11.6 Å². The SMILES string of the molecule is Cc1cc(-c2nc(Cl)c3ccc([N+](=O)[O-])cc3n2)sc1C. The van der Waals surface area contributed by atoms with Gasteiger partial charge in [-0.3, -0.25) is 10.1 Å². The standard InChI is InChI=1S/C14H10ClN3O2S/c1-7-5-12(21-8(7)2)14-16-11-6-9(18(19)20)3-4-10(11)13(15)17-14/h3-6H,1-2H3. The van der Waals surface area contributed by atoms with Gasteiger partial charge >= 0.3 is 0 Å². The Kier molecular flexibility index (Phi) is 3.35. The molecule has 0 aliphatic heterocycles. The first-order valence-corrected chi connectivity index (χ1v) is 7.34. The van der Waals surface area contributed by atoms with E-state index < -0.39 is 4.92 Å². The van der Waals surface area contributed by atoms with Gasteiger partial charge in [-0.1, -0.05) is 11.6 Å². The van der Waals surface area contributed by atoms with Crippen LogP contribution in [0.4, 0.5) is 5.69 Å². The van der Waals surface area contributed by atoms with Gasteiger partial charge in [0.2, 0.25) is 0 Å². The van der Waals surface area contributed by atoms with Crippen molar-refractivity contribution in [3.8, 4) is 10.7 Å². The van der Waals surface area contributed by atoms with E-state index in [0.29, 0.717) is 21.9 Å². The third kappa shape index (κ3) is 2.48. The van der Waals surface area contributed by atoms with Gasteiger partial charge in [-0.05, 0) is 31.5 Å². The predicted octanol–water partition coefficient (Wildman–Crippen LogP) is 4.54. The number of nitro benzene ring substituents is 1. The Morgan fingerprint density at radius 3 is 2.62 bits per heavy atom. The molecule has 0 bridgehead atoms. The van der Waals surface area contributed by atoms with Crippen LogP contribution in [0.1, 0.15) is 10.4 Å². The minimum Gasteiger partial charge on any atom is -0.258 e. The van der Waals surface area contributed by atoms with E-state index in [1.807, 2.05) is 19.9 Å². The second-order valence-corrected chi connectivity index (χ2v) is 6.26. The number of nitrogens with zero attached hydrogens (tertiary/aromatic N) is 3. The summed E-state index contributed by atoms with van der Waals surface area (Å²) in [5.74, 6) is 0.495. The van der Waals surface area contributed by atoms with Crippen molar-refractivity contribution in [1.29, 1.82) is 0 Å². The van der Waals surface area contributed by atoms with E-state index in [1.165, 1.54) is 17.0 Å². The van der Waals surface area contributed by atoms with Gasteiger partial charge < -0.3 is 0 Å². The average Bonchev–Trinajstić information content (AvgIpc) is 2.78. The molecule has 0 unspecified atom stereocenters. The van der Waals surface area contributed by atoms with Gasteiger partial charge in [0.1, 0.15) is 5.15 Å². The van der Waals surface area contributed by atoms with Crippen molar-refractivity contribution < 1.29 is 4.92 Å². The lowest BCUT2D eigenvalue weighted by Crippen LogP contribution is -1.93. The molecule has 0 saturated carbocycles. The molecule has 5 nitrogen and oxygen atoms in total. The van der Waals surface area contributed by atoms with Crippen LogP contribution in [0.25, 0.3) is 21.6 Å². The molecular formula is C14H10ClN3O2S. The Morgan fingerprint density at radius 1 is 1.24 bits per heavy atom. The summed E-state index contributed by atoms with van der Waals surface area (Å²) < 4.78 is 0. The van der Waals surface area contributed by atoms with Gasteiger partial charge in [-0.15, -0.1) is 11.3 Å². The number of aromatic nitrogens is 2. The van der Waals surface area contributed by atoms with Crippen LogP contribution >= 0.6 is 22.9 Å². The fourth-order valence-corrected chi connectivity index (χ4v) is 3.19. The van der Waals surface area contributed by atoms with E-state index in [2.05, 4.69) is 9.97 Å². The third-order valence-electron chi connectivity index (χ3n) is 3.23. The number of fused-ring (bicyclic) bond motifs is 1. The van der Waals surface area contributed by atoms with Crippen molar-refractivity contribution in [2.45, 2.75) is 13.8 Å². The molecule has 0 aliphatic rings. The molecule has 0 amide bonds. The number of thiophene rings is 1. The number of halogens is 1. The number of benzene rings is 1. The van der Waals surface area contributed by atoms with Gasteiger partial charge in [0.05, 0.1) is 15.3 Å². The van der Waals surface area contributed by atoms with Crippen molar-refractivity contribution in [2.24, 2.45) is 0 Å². The van der Waals surface area contributed by atoms with Crippen LogP contribution in [0, 0.1) is 24.0 Å². The summed E-state index contributed by atoms with van der Waals surface area (Å²) >= 11 is 7.75. The van der Waals surface area contributed by atoms with E-state index in [-0.39, 0.29) is 5.69 Å². The molecule has 0 fully saturated rings. The lowest BCUT2D eigenvalue weighted by molar-refractivity contribution is -0.384. The quantitative estimate of drug-likeness (QED) is 0.395. The van der Waals surface area contributed by atoms with Crippen LogP contribution in [-0.4, -0.2) is 14.9 Å². The Labute approximate surface area is 129 Å². The number of hydrogen-bond acceptors (Lipinski definition) is 5. The van der Waals surface area contributed by atoms with Crippen LogP contribution in [-0.2, 0) is 0 Å². The Bertz CT molecular complexity index is 857. The maximum atomic E-state index is 10.9. The fraction of sp³-hybridized carbons (Fsp3) is 0.143. The number of rotatable bonds is 2. The number of non-ortho nitro benzene ring substituents is 1. The average molecular weight is 320 g/mol. The highest BCUT2D eigenvalue weighted by Crippen LogP contribution is 2.32. The molecule has 0 spiro atoms. The zero-order valence-electron chi connectivity index (χ0n) is 11.3. The summed E-state index contributed by atoms with van der Waals surface area (Å²) in [4.78, 5) is 21.2. The Balaban J connectivity index is 2.23. The minimum absolute atomic E-state index is 0.0123. The zero-order chi connectivity index (χ0) is 15.1. The van der Waals surface area contributed by atoms with Crippen LogP contribution in [0.2, 0.25) is 5.15 Å². The molecular weight excluding hydrogens is 310 g/mol. The van der Waals surface area contributed by atoms with Crippen molar-refractivity contribution in [3.05, 3.63) is 50.0 Å². The molecule has 2 heterocycles. The van der Waals surface area contributed by atoms with Crippen LogP contribution in [0.3, 0.4) is 0 Å². The molecule has 2 aromatic heterocycles. The second kappa shape index (κ2) is 5.05. The molecule has 0 N–H and O–H groups in total. The molecule has 1 aromatic carbocycles. The first kappa shape index (κ1) is 13.9. The maximum absolute atomic E-state index is 10.9. The van der Waals surface area contributed by atoms with Gasteiger partial charge in [-0.2, -0.15) is 0 Å². The van der Waals surface area contributed by atoms with E-state index in [0.717, 1.165) is 10.4 Å². The number of aryl methyl sites for hydroxylation is 2. The molecule has 0 radical (unpaired) electrons. The first-order valence-electron chi connectivity index (χ1n) is 6.15. The Morgan fingerprint density at radius 2 is 2.00 bits per heavy atom. The van der Waals surface area contributed by atoms with Crippen LogP contribution in [0.5, 0.6) is 0 Å². The van der Waals surface area contributed by atoms with E-state index >= 15 is 0 Å². The molecule has 0 aliphatic carbocycles. The highest BCUT2D eigenvalue weighted by atomic mass is 35.5. The van der Waals surface area contributed by atoms with Gasteiger partial charge in [-0.25, -0.2) is 9.97 Å². The summed E-state index contributed by atoms with van der Waals surface area (Å²) in [6, 6.07) is 6.38. The summed E-state index contributed by atoms with van der Waals surface area (Å²) in [6.07, 6.45) is 0. The molecule has 3 rings (SSSR count). The monoisotopic (exact) mass is 319 g/mol. The summed E-state index contributed by atoms with van der Waals surface area (Å²) in [5.41, 5.74) is 1.62. The van der Waals surface area contributed by atoms with Crippen LogP contribution in [0.15, 0.2) is 24.3 Å². The summed E-state index contributed by atoms with van der Waals surface area (Å²) in [5, 5.41) is 11.8. The number of nitro groups is 1. The fourth-order valence-electron chi connectivity index (χ4n) is 1.99. The van der Waals surface area contributed by atoms with Gasteiger partial charge in [0, 0.05) is 22.4 Å². The largest absolute Gasteiger partial charge is 0.271 e. The molecule has 0 atom stereocenters. The summed E-state index contributed by atoms with van der Waals surface area (Å²) in [7, 11) is 0. The Hall–Kier alpha value is -2.05. The first-order chi connectivity index (χ1) is 9.95. The van der Waals surface area contributed by atoms with Crippen molar-refractivity contribution in [3.63, 3.8) is 0 Å². The zero-order valence-corrected chi connectivity index (χ0v) is 12.8. The summed E-state index contributed by atoms with van der Waals surface area (Å²) in [6.45, 7) is 4.04. The van der Waals surface area contributed by atoms with Crippen molar-refractivity contribution in [2.75, 3.05) is 0 Å². The predicted molar refractivity (Wildman–Crippen MR) is 84.0 cm³/mol. The van der Waals surface area contributed by atoms with E-state index in [1.54, 1.807) is 17.4 Å². The topological polar surface area (TPSA) is 68.9 Å². The lowest BCUT2D eigenvalue weighted by atomic mass is 10.2. The molecule has 0 saturated heterocycles. The van der Waals surface area contributed by atoms with Gasteiger partial charge in [0.25, 0.3) is 5.69 Å². The maximum Gasteiger partial charge on any atom is 0.271 e. The highest BCUT2D eigenvalue weighted by molar-refractivity contribution is 7.15. The molecule has 3 aromatic rings. The highest BCUT2D eigenvalue weighted by Gasteiger charge is 2.14. The van der Waals surface area contributed by atoms with E-state index in [9.17, 15) is 10.1 Å². The normalized spacial score (nSPS) is 11.0. The number of hydrogen-bond donors (Lipinski definition) is 0. The molecule has 106 valence electrons.